The van der Waals surface area contributed by atoms with Gasteiger partial charge in [0, 0.05) is 17.3 Å². The molecule has 0 aliphatic carbocycles. The van der Waals surface area contributed by atoms with E-state index in [1.165, 1.54) is 10.6 Å². The van der Waals surface area contributed by atoms with Gasteiger partial charge in [-0.2, -0.15) is 0 Å². The van der Waals surface area contributed by atoms with Crippen molar-refractivity contribution in [2.75, 3.05) is 7.11 Å². The summed E-state index contributed by atoms with van der Waals surface area (Å²) in [5, 5.41) is 1.97. The Kier molecular flexibility index (Phi) is 4.18. The first-order chi connectivity index (χ1) is 5.81. The van der Waals surface area contributed by atoms with Gasteiger partial charge in [-0.05, 0) is 6.42 Å². The van der Waals surface area contributed by atoms with E-state index in [2.05, 4.69) is 27.8 Å². The topological polar surface area (TPSA) is 22.1 Å². The predicted octanol–water partition coefficient (Wildman–Crippen LogP) is 2.75. The zero-order valence-electron chi connectivity index (χ0n) is 7.26. The Morgan fingerprint density at radius 2 is 2.33 bits per heavy atom. The number of alkyl halides is 1. The molecule has 1 aromatic heterocycles. The molecule has 1 aromatic rings. The normalized spacial score (nSPS) is 10.6. The van der Waals surface area contributed by atoms with Gasteiger partial charge in [0.1, 0.15) is 5.01 Å². The van der Waals surface area contributed by atoms with Gasteiger partial charge >= 0.3 is 0 Å². The average molecular weight is 250 g/mol. The number of thiazole rings is 1. The highest BCUT2D eigenvalue weighted by atomic mass is 79.9. The Hall–Kier alpha value is 0.0700. The lowest BCUT2D eigenvalue weighted by Crippen LogP contribution is -1.88. The lowest BCUT2D eigenvalue weighted by atomic mass is 10.3. The van der Waals surface area contributed by atoms with E-state index in [9.17, 15) is 0 Å². The maximum absolute atomic E-state index is 5.02. The summed E-state index contributed by atoms with van der Waals surface area (Å²) in [4.78, 5) is 5.78. The molecular weight excluding hydrogens is 238 g/mol. The zero-order valence-corrected chi connectivity index (χ0v) is 9.67. The van der Waals surface area contributed by atoms with Crippen LogP contribution in [0.15, 0.2) is 0 Å². The molecule has 0 radical (unpaired) electrons. The Morgan fingerprint density at radius 3 is 2.75 bits per heavy atom. The third kappa shape index (κ3) is 2.28. The Balaban J connectivity index is 2.81. The van der Waals surface area contributed by atoms with Gasteiger partial charge in [0.05, 0.1) is 12.3 Å². The van der Waals surface area contributed by atoms with E-state index in [0.29, 0.717) is 6.61 Å². The minimum Gasteiger partial charge on any atom is -0.378 e. The molecule has 0 unspecified atom stereocenters. The molecule has 12 heavy (non-hydrogen) atoms. The number of halogens is 1. The van der Waals surface area contributed by atoms with Crippen molar-refractivity contribution in [2.24, 2.45) is 0 Å². The lowest BCUT2D eigenvalue weighted by Gasteiger charge is -1.90. The summed E-state index contributed by atoms with van der Waals surface area (Å²) >= 11 is 5.17. The van der Waals surface area contributed by atoms with Crippen molar-refractivity contribution < 1.29 is 4.74 Å². The van der Waals surface area contributed by atoms with Crippen molar-refractivity contribution in [3.05, 3.63) is 15.6 Å². The molecule has 1 heterocycles. The number of nitrogens with zero attached hydrogens (tertiary/aromatic N) is 1. The molecular formula is C8H12BrNOS. The first-order valence-corrected chi connectivity index (χ1v) is 5.78. The maximum Gasteiger partial charge on any atom is 0.119 e. The summed E-state index contributed by atoms with van der Waals surface area (Å²) in [6.07, 6.45) is 1.00. The number of ether oxygens (including phenoxy) is 1. The van der Waals surface area contributed by atoms with Crippen LogP contribution in [0.5, 0.6) is 0 Å². The molecule has 68 valence electrons. The van der Waals surface area contributed by atoms with E-state index in [0.717, 1.165) is 16.8 Å². The Labute approximate surface area is 85.1 Å². The second-order valence-corrected chi connectivity index (χ2v) is 4.13. The lowest BCUT2D eigenvalue weighted by molar-refractivity contribution is 0.184. The first kappa shape index (κ1) is 10.2. The molecule has 0 atom stereocenters. The molecule has 2 nitrogen and oxygen atoms in total. The zero-order chi connectivity index (χ0) is 8.97. The molecule has 0 amide bonds. The maximum atomic E-state index is 5.02. The molecule has 0 aliphatic rings. The van der Waals surface area contributed by atoms with Gasteiger partial charge in [0.25, 0.3) is 0 Å². The number of aromatic nitrogens is 1. The van der Waals surface area contributed by atoms with Crippen LogP contribution < -0.4 is 0 Å². The van der Waals surface area contributed by atoms with Gasteiger partial charge in [-0.25, -0.2) is 4.98 Å². The van der Waals surface area contributed by atoms with Crippen molar-refractivity contribution in [3.8, 4) is 0 Å². The third-order valence-electron chi connectivity index (χ3n) is 1.55. The Bertz CT molecular complexity index is 228. The molecule has 0 aromatic carbocycles. The predicted molar refractivity (Wildman–Crippen MR) is 54.8 cm³/mol. The van der Waals surface area contributed by atoms with Crippen molar-refractivity contribution in [1.29, 1.82) is 0 Å². The molecule has 0 spiro atoms. The van der Waals surface area contributed by atoms with Gasteiger partial charge in [-0.3, -0.25) is 0 Å². The molecule has 0 N–H and O–H groups in total. The summed E-state index contributed by atoms with van der Waals surface area (Å²) in [5.74, 6) is 0. The van der Waals surface area contributed by atoms with Crippen LogP contribution in [0.3, 0.4) is 0 Å². The number of hydrogen-bond donors (Lipinski definition) is 0. The molecule has 0 saturated heterocycles. The quantitative estimate of drug-likeness (QED) is 0.766. The van der Waals surface area contributed by atoms with Crippen LogP contribution in [0.2, 0.25) is 0 Å². The number of rotatable bonds is 4. The van der Waals surface area contributed by atoms with Crippen molar-refractivity contribution in [1.82, 2.24) is 4.98 Å². The van der Waals surface area contributed by atoms with E-state index in [1.54, 1.807) is 18.4 Å². The van der Waals surface area contributed by atoms with Crippen LogP contribution in [0.25, 0.3) is 0 Å². The van der Waals surface area contributed by atoms with Gasteiger partial charge in [-0.1, -0.05) is 22.9 Å². The summed E-state index contributed by atoms with van der Waals surface area (Å²) in [5.41, 5.74) is 1.20. The summed E-state index contributed by atoms with van der Waals surface area (Å²) in [6.45, 7) is 2.75. The standard InChI is InChI=1S/C8H12BrNOS/c1-3-6-7(4-9)12-8(10-6)5-11-2/h3-5H2,1-2H3. The molecule has 0 saturated carbocycles. The van der Waals surface area contributed by atoms with E-state index < -0.39 is 0 Å². The van der Waals surface area contributed by atoms with Crippen molar-refractivity contribution >= 4 is 27.3 Å². The highest BCUT2D eigenvalue weighted by Crippen LogP contribution is 2.22. The molecule has 0 bridgehead atoms. The fourth-order valence-corrected chi connectivity index (χ4v) is 2.65. The fourth-order valence-electron chi connectivity index (χ4n) is 1.00. The summed E-state index contributed by atoms with van der Waals surface area (Å²) < 4.78 is 5.02. The van der Waals surface area contributed by atoms with Gasteiger partial charge in [-0.15, -0.1) is 11.3 Å². The second-order valence-electron chi connectivity index (χ2n) is 2.40. The van der Waals surface area contributed by atoms with Crippen LogP contribution in [-0.4, -0.2) is 12.1 Å². The van der Waals surface area contributed by atoms with Gasteiger partial charge in [0.2, 0.25) is 0 Å². The molecule has 4 heteroatoms. The van der Waals surface area contributed by atoms with Crippen LogP contribution in [0.4, 0.5) is 0 Å². The first-order valence-electron chi connectivity index (χ1n) is 3.84. The SMILES string of the molecule is CCc1nc(COC)sc1CBr. The number of methoxy groups -OCH3 is 1. The van der Waals surface area contributed by atoms with Gasteiger partial charge < -0.3 is 4.74 Å². The minimum absolute atomic E-state index is 0.630. The van der Waals surface area contributed by atoms with Crippen LogP contribution in [0, 0.1) is 0 Å². The number of hydrogen-bond acceptors (Lipinski definition) is 3. The van der Waals surface area contributed by atoms with Crippen LogP contribution in [-0.2, 0) is 23.1 Å². The molecule has 1 rings (SSSR count). The molecule has 0 aliphatic heterocycles. The average Bonchev–Trinajstić information content (AvgIpc) is 2.48. The Morgan fingerprint density at radius 1 is 1.58 bits per heavy atom. The monoisotopic (exact) mass is 249 g/mol. The largest absolute Gasteiger partial charge is 0.378 e. The fraction of sp³-hybridized carbons (Fsp3) is 0.625. The van der Waals surface area contributed by atoms with Crippen molar-refractivity contribution in [3.63, 3.8) is 0 Å². The van der Waals surface area contributed by atoms with Gasteiger partial charge in [0.15, 0.2) is 0 Å². The van der Waals surface area contributed by atoms with Crippen LogP contribution in [0.1, 0.15) is 22.5 Å². The third-order valence-corrected chi connectivity index (χ3v) is 3.55. The molecule has 0 fully saturated rings. The highest BCUT2D eigenvalue weighted by molar-refractivity contribution is 9.08. The van der Waals surface area contributed by atoms with Crippen LogP contribution >= 0.6 is 27.3 Å². The smallest absolute Gasteiger partial charge is 0.119 e. The number of aryl methyl sites for hydroxylation is 1. The van der Waals surface area contributed by atoms with E-state index in [1.807, 2.05) is 0 Å². The second kappa shape index (κ2) is 4.94. The van der Waals surface area contributed by atoms with E-state index in [4.69, 9.17) is 4.74 Å². The van der Waals surface area contributed by atoms with E-state index in [-0.39, 0.29) is 0 Å². The minimum atomic E-state index is 0.630. The summed E-state index contributed by atoms with van der Waals surface area (Å²) in [6, 6.07) is 0. The highest BCUT2D eigenvalue weighted by Gasteiger charge is 2.07. The summed E-state index contributed by atoms with van der Waals surface area (Å²) in [7, 11) is 1.70. The van der Waals surface area contributed by atoms with Crippen molar-refractivity contribution in [2.45, 2.75) is 25.3 Å². The van der Waals surface area contributed by atoms with E-state index >= 15 is 0 Å².